The standard InChI is InChI=1S/C17H17FN2O2S/c18-15-6-4-5-14(11-15)12-20-22-13-17(21)19-9-10-23-16-7-2-1-3-8-16/h1-8,11-12H,9-10,13H2,(H,19,21)/b20-12-. The molecule has 0 spiro atoms. The zero-order valence-corrected chi connectivity index (χ0v) is 13.3. The molecule has 23 heavy (non-hydrogen) atoms. The van der Waals surface area contributed by atoms with E-state index in [4.69, 9.17) is 4.84 Å². The molecular formula is C17H17FN2O2S. The van der Waals surface area contributed by atoms with E-state index in [0.717, 1.165) is 10.6 Å². The number of hydrogen-bond donors (Lipinski definition) is 1. The fourth-order valence-corrected chi connectivity index (χ4v) is 2.50. The molecule has 0 fully saturated rings. The Balaban J connectivity index is 1.58. The van der Waals surface area contributed by atoms with E-state index in [9.17, 15) is 9.18 Å². The molecule has 0 aliphatic heterocycles. The van der Waals surface area contributed by atoms with Crippen LogP contribution in [0.3, 0.4) is 0 Å². The summed E-state index contributed by atoms with van der Waals surface area (Å²) in [6, 6.07) is 15.9. The normalized spacial score (nSPS) is 10.7. The lowest BCUT2D eigenvalue weighted by atomic mass is 10.2. The first-order valence-electron chi connectivity index (χ1n) is 7.09. The van der Waals surface area contributed by atoms with Gasteiger partial charge in [0.1, 0.15) is 5.82 Å². The summed E-state index contributed by atoms with van der Waals surface area (Å²) in [4.78, 5) is 17.6. The van der Waals surface area contributed by atoms with Crippen molar-refractivity contribution in [1.82, 2.24) is 5.32 Å². The van der Waals surface area contributed by atoms with E-state index in [1.165, 1.54) is 18.3 Å². The molecule has 1 amide bonds. The van der Waals surface area contributed by atoms with Gasteiger partial charge in [0.2, 0.25) is 0 Å². The highest BCUT2D eigenvalue weighted by Gasteiger charge is 2.00. The molecule has 6 heteroatoms. The second-order valence-electron chi connectivity index (χ2n) is 4.57. The van der Waals surface area contributed by atoms with E-state index in [0.29, 0.717) is 12.1 Å². The number of amides is 1. The lowest BCUT2D eigenvalue weighted by Crippen LogP contribution is -2.28. The quantitative estimate of drug-likeness (QED) is 0.350. The van der Waals surface area contributed by atoms with E-state index < -0.39 is 0 Å². The first kappa shape index (κ1) is 17.0. The van der Waals surface area contributed by atoms with Crippen LogP contribution in [0.1, 0.15) is 5.56 Å². The molecule has 2 rings (SSSR count). The van der Waals surface area contributed by atoms with Crippen LogP contribution in [-0.2, 0) is 9.63 Å². The summed E-state index contributed by atoms with van der Waals surface area (Å²) in [7, 11) is 0. The van der Waals surface area contributed by atoms with Crippen LogP contribution in [0.2, 0.25) is 0 Å². The molecule has 0 aliphatic carbocycles. The van der Waals surface area contributed by atoms with Crippen LogP contribution in [0, 0.1) is 5.82 Å². The van der Waals surface area contributed by atoms with Crippen molar-refractivity contribution in [2.45, 2.75) is 4.90 Å². The van der Waals surface area contributed by atoms with Crippen LogP contribution >= 0.6 is 11.8 Å². The Morgan fingerprint density at radius 1 is 1.22 bits per heavy atom. The van der Waals surface area contributed by atoms with Crippen molar-refractivity contribution in [2.24, 2.45) is 5.16 Å². The third-order valence-electron chi connectivity index (χ3n) is 2.76. The van der Waals surface area contributed by atoms with Gasteiger partial charge in [-0.05, 0) is 29.8 Å². The molecule has 0 aliphatic rings. The molecule has 2 aromatic rings. The summed E-state index contributed by atoms with van der Waals surface area (Å²) in [5, 5.41) is 6.38. The van der Waals surface area contributed by atoms with Gasteiger partial charge in [0.25, 0.3) is 5.91 Å². The molecular weight excluding hydrogens is 315 g/mol. The average Bonchev–Trinajstić information content (AvgIpc) is 2.57. The second kappa shape index (κ2) is 9.63. The highest BCUT2D eigenvalue weighted by molar-refractivity contribution is 7.99. The van der Waals surface area contributed by atoms with Crippen molar-refractivity contribution in [3.63, 3.8) is 0 Å². The highest BCUT2D eigenvalue weighted by atomic mass is 32.2. The van der Waals surface area contributed by atoms with Gasteiger partial charge in [0.15, 0.2) is 6.61 Å². The molecule has 0 unspecified atom stereocenters. The molecule has 0 saturated carbocycles. The topological polar surface area (TPSA) is 50.7 Å². The fraction of sp³-hybridized carbons (Fsp3) is 0.176. The van der Waals surface area contributed by atoms with Gasteiger partial charge in [-0.3, -0.25) is 4.79 Å². The molecule has 4 nitrogen and oxygen atoms in total. The third-order valence-corrected chi connectivity index (χ3v) is 3.77. The summed E-state index contributed by atoms with van der Waals surface area (Å²) in [6.07, 6.45) is 1.36. The predicted molar refractivity (Wildman–Crippen MR) is 90.1 cm³/mol. The van der Waals surface area contributed by atoms with Crippen LogP contribution in [0.15, 0.2) is 64.6 Å². The number of carbonyl (C=O) groups is 1. The maximum Gasteiger partial charge on any atom is 0.260 e. The summed E-state index contributed by atoms with van der Waals surface area (Å²) >= 11 is 1.67. The zero-order chi connectivity index (χ0) is 16.3. The number of oxime groups is 1. The Kier molecular flexibility index (Phi) is 7.13. The number of hydrogen-bond acceptors (Lipinski definition) is 4. The smallest absolute Gasteiger partial charge is 0.260 e. The van der Waals surface area contributed by atoms with Crippen molar-refractivity contribution in [1.29, 1.82) is 0 Å². The lowest BCUT2D eigenvalue weighted by molar-refractivity contribution is -0.125. The number of carbonyl (C=O) groups excluding carboxylic acids is 1. The zero-order valence-electron chi connectivity index (χ0n) is 12.4. The Morgan fingerprint density at radius 2 is 2.04 bits per heavy atom. The van der Waals surface area contributed by atoms with Crippen molar-refractivity contribution in [2.75, 3.05) is 18.9 Å². The Labute approximate surface area is 138 Å². The van der Waals surface area contributed by atoms with Crippen LogP contribution in [0.5, 0.6) is 0 Å². The molecule has 0 radical (unpaired) electrons. The van der Waals surface area contributed by atoms with E-state index in [-0.39, 0.29) is 18.3 Å². The maximum absolute atomic E-state index is 12.9. The maximum atomic E-state index is 12.9. The molecule has 0 heterocycles. The fourth-order valence-electron chi connectivity index (χ4n) is 1.71. The molecule has 0 aromatic heterocycles. The van der Waals surface area contributed by atoms with E-state index in [2.05, 4.69) is 10.5 Å². The van der Waals surface area contributed by atoms with E-state index in [1.807, 2.05) is 30.3 Å². The highest BCUT2D eigenvalue weighted by Crippen LogP contribution is 2.15. The van der Waals surface area contributed by atoms with Gasteiger partial charge in [-0.1, -0.05) is 35.5 Å². The van der Waals surface area contributed by atoms with E-state index in [1.54, 1.807) is 23.9 Å². The SMILES string of the molecule is O=C(CO/N=C\c1cccc(F)c1)NCCSc1ccccc1. The van der Waals surface area contributed by atoms with Crippen molar-refractivity contribution >= 4 is 23.9 Å². The van der Waals surface area contributed by atoms with Gasteiger partial charge < -0.3 is 10.2 Å². The molecule has 0 saturated heterocycles. The van der Waals surface area contributed by atoms with Gasteiger partial charge in [-0.2, -0.15) is 0 Å². The molecule has 2 aromatic carbocycles. The second-order valence-corrected chi connectivity index (χ2v) is 5.74. The largest absolute Gasteiger partial charge is 0.386 e. The number of nitrogens with one attached hydrogen (secondary N) is 1. The molecule has 0 atom stereocenters. The Hall–Kier alpha value is -2.34. The van der Waals surface area contributed by atoms with Gasteiger partial charge in [-0.15, -0.1) is 11.8 Å². The predicted octanol–water partition coefficient (Wildman–Crippen LogP) is 3.08. The number of rotatable bonds is 8. The minimum atomic E-state index is -0.345. The number of thioether (sulfide) groups is 1. The summed E-state index contributed by atoms with van der Waals surface area (Å²) in [5.41, 5.74) is 0.574. The number of nitrogens with zero attached hydrogens (tertiary/aromatic N) is 1. The Morgan fingerprint density at radius 3 is 2.83 bits per heavy atom. The van der Waals surface area contributed by atoms with Gasteiger partial charge in [-0.25, -0.2) is 4.39 Å². The van der Waals surface area contributed by atoms with Gasteiger partial charge in [0.05, 0.1) is 6.21 Å². The van der Waals surface area contributed by atoms with Crippen molar-refractivity contribution in [3.8, 4) is 0 Å². The third kappa shape index (κ3) is 6.97. The minimum Gasteiger partial charge on any atom is -0.386 e. The summed E-state index contributed by atoms with van der Waals surface area (Å²) in [5.74, 6) is 0.195. The number of halogens is 1. The van der Waals surface area contributed by atoms with Gasteiger partial charge >= 0.3 is 0 Å². The average molecular weight is 332 g/mol. The van der Waals surface area contributed by atoms with E-state index >= 15 is 0 Å². The van der Waals surface area contributed by atoms with Gasteiger partial charge in [0, 0.05) is 17.2 Å². The van der Waals surface area contributed by atoms with Crippen molar-refractivity contribution in [3.05, 3.63) is 66.0 Å². The monoisotopic (exact) mass is 332 g/mol. The Bertz CT molecular complexity index is 650. The minimum absolute atomic E-state index is 0.165. The lowest BCUT2D eigenvalue weighted by Gasteiger charge is -2.04. The molecule has 1 N–H and O–H groups in total. The van der Waals surface area contributed by atoms with Crippen LogP contribution in [-0.4, -0.2) is 31.0 Å². The van der Waals surface area contributed by atoms with Crippen molar-refractivity contribution < 1.29 is 14.0 Å². The first-order valence-corrected chi connectivity index (χ1v) is 8.08. The number of benzene rings is 2. The van der Waals surface area contributed by atoms with Crippen LogP contribution in [0.25, 0.3) is 0 Å². The summed E-state index contributed by atoms with van der Waals surface area (Å²) in [6.45, 7) is 0.386. The molecule has 0 bridgehead atoms. The van der Waals surface area contributed by atoms with Crippen LogP contribution < -0.4 is 5.32 Å². The summed E-state index contributed by atoms with van der Waals surface area (Å²) < 4.78 is 12.9. The molecule has 120 valence electrons. The van der Waals surface area contributed by atoms with Crippen LogP contribution in [0.4, 0.5) is 4.39 Å². The first-order chi connectivity index (χ1) is 11.2.